The lowest BCUT2D eigenvalue weighted by molar-refractivity contribution is -0.126. The number of carbonyl (C=O) groups is 1. The van der Waals surface area contributed by atoms with Gasteiger partial charge in [0.1, 0.15) is 11.5 Å². The van der Waals surface area contributed by atoms with Crippen LogP contribution in [0.1, 0.15) is 18.1 Å². The van der Waals surface area contributed by atoms with E-state index in [1.165, 1.54) is 11.8 Å². The van der Waals surface area contributed by atoms with E-state index >= 15 is 0 Å². The maximum Gasteiger partial charge on any atom is 0.242 e. The largest absolute Gasteiger partial charge is 0.497 e. The minimum absolute atomic E-state index is 0.0230. The van der Waals surface area contributed by atoms with E-state index in [0.29, 0.717) is 17.5 Å². The molecule has 0 aromatic heterocycles. The molecule has 1 aliphatic rings. The molecule has 6 nitrogen and oxygen atoms in total. The van der Waals surface area contributed by atoms with E-state index < -0.39 is 0 Å². The third-order valence-corrected chi connectivity index (χ3v) is 5.72. The minimum Gasteiger partial charge on any atom is -0.497 e. The summed E-state index contributed by atoms with van der Waals surface area (Å²) in [5, 5.41) is 8.88. The Kier molecular flexibility index (Phi) is 6.74. The van der Waals surface area contributed by atoms with Gasteiger partial charge in [0.15, 0.2) is 5.17 Å². The van der Waals surface area contributed by atoms with E-state index in [1.54, 1.807) is 25.3 Å². The van der Waals surface area contributed by atoms with Gasteiger partial charge in [-0.25, -0.2) is 0 Å². The molecule has 1 amide bonds. The van der Waals surface area contributed by atoms with E-state index in [4.69, 9.17) is 9.47 Å². The lowest BCUT2D eigenvalue weighted by atomic mass is 10.2. The summed E-state index contributed by atoms with van der Waals surface area (Å²) in [6.45, 7) is 2.31. The predicted octanol–water partition coefficient (Wildman–Crippen LogP) is 4.32. The Hall–Kier alpha value is -2.32. The third kappa shape index (κ3) is 4.74. The van der Waals surface area contributed by atoms with Crippen LogP contribution in [-0.4, -0.2) is 41.7 Å². The maximum atomic E-state index is 12.5. The number of carbonyl (C=O) groups excluding carboxylic acids is 1. The first-order chi connectivity index (χ1) is 13.5. The van der Waals surface area contributed by atoms with Crippen LogP contribution < -0.4 is 9.47 Å². The van der Waals surface area contributed by atoms with E-state index in [0.717, 1.165) is 21.3 Å². The van der Waals surface area contributed by atoms with Crippen LogP contribution in [0.15, 0.2) is 57.1 Å². The normalized spacial score (nSPS) is 18.3. The Morgan fingerprint density at radius 3 is 2.61 bits per heavy atom. The molecule has 1 fully saturated rings. The van der Waals surface area contributed by atoms with Crippen molar-refractivity contribution >= 4 is 45.0 Å². The van der Waals surface area contributed by atoms with E-state index in [1.807, 2.05) is 49.4 Å². The Balaban J connectivity index is 1.80. The number of amidine groups is 1. The van der Waals surface area contributed by atoms with Crippen molar-refractivity contribution in [2.45, 2.75) is 18.7 Å². The molecule has 1 saturated heterocycles. The quantitative estimate of drug-likeness (QED) is 0.474. The van der Waals surface area contributed by atoms with Crippen molar-refractivity contribution in [3.05, 3.63) is 58.1 Å². The SMILES string of the molecule is COc1ccc(CN2C(=O)C(C)SC2=NN=Cc2cc(Br)ccc2OC)cc1. The predicted molar refractivity (Wildman–Crippen MR) is 116 cm³/mol. The average molecular weight is 462 g/mol. The molecule has 0 bridgehead atoms. The number of methoxy groups -OCH3 is 2. The molecular formula is C20H20BrN3O3S. The van der Waals surface area contributed by atoms with Crippen molar-refractivity contribution < 1.29 is 14.3 Å². The van der Waals surface area contributed by atoms with Gasteiger partial charge in [-0.3, -0.25) is 9.69 Å². The van der Waals surface area contributed by atoms with Crippen LogP contribution in [0.3, 0.4) is 0 Å². The zero-order valence-corrected chi connectivity index (χ0v) is 18.2. The molecule has 1 unspecified atom stereocenters. The number of benzene rings is 2. The van der Waals surface area contributed by atoms with Crippen LogP contribution in [-0.2, 0) is 11.3 Å². The topological polar surface area (TPSA) is 63.5 Å². The van der Waals surface area contributed by atoms with Crippen LogP contribution in [0.4, 0.5) is 0 Å². The molecule has 1 aliphatic heterocycles. The van der Waals surface area contributed by atoms with E-state index in [9.17, 15) is 4.79 Å². The number of rotatable bonds is 6. The molecule has 2 aromatic carbocycles. The van der Waals surface area contributed by atoms with Crippen molar-refractivity contribution in [3.63, 3.8) is 0 Å². The smallest absolute Gasteiger partial charge is 0.242 e. The molecule has 3 rings (SSSR count). The molecule has 146 valence electrons. The van der Waals surface area contributed by atoms with E-state index in [2.05, 4.69) is 26.1 Å². The van der Waals surface area contributed by atoms with Gasteiger partial charge < -0.3 is 9.47 Å². The van der Waals surface area contributed by atoms with E-state index in [-0.39, 0.29) is 11.2 Å². The molecule has 0 N–H and O–H groups in total. The van der Waals surface area contributed by atoms with Crippen molar-refractivity contribution in [1.29, 1.82) is 0 Å². The first kappa shape index (κ1) is 20.4. The molecule has 1 heterocycles. The molecule has 0 aliphatic carbocycles. The van der Waals surface area contributed by atoms with Crippen molar-refractivity contribution in [3.8, 4) is 11.5 Å². The highest BCUT2D eigenvalue weighted by atomic mass is 79.9. The minimum atomic E-state index is -0.187. The van der Waals surface area contributed by atoms with Gasteiger partial charge in [-0.1, -0.05) is 39.8 Å². The fraction of sp³-hybridized carbons (Fsp3) is 0.250. The van der Waals surface area contributed by atoms with Gasteiger partial charge in [0.05, 0.1) is 32.2 Å². The van der Waals surface area contributed by atoms with Gasteiger partial charge in [-0.05, 0) is 42.8 Å². The average Bonchev–Trinajstić information content (AvgIpc) is 2.96. The van der Waals surface area contributed by atoms with Gasteiger partial charge in [0.25, 0.3) is 0 Å². The number of thioether (sulfide) groups is 1. The Labute approximate surface area is 176 Å². The fourth-order valence-electron chi connectivity index (χ4n) is 2.67. The Morgan fingerprint density at radius 2 is 1.93 bits per heavy atom. The highest BCUT2D eigenvalue weighted by Crippen LogP contribution is 2.29. The van der Waals surface area contributed by atoms with Gasteiger partial charge in [0.2, 0.25) is 5.91 Å². The Morgan fingerprint density at radius 1 is 1.18 bits per heavy atom. The van der Waals surface area contributed by atoms with Crippen LogP contribution in [0.2, 0.25) is 0 Å². The first-order valence-corrected chi connectivity index (χ1v) is 10.2. The van der Waals surface area contributed by atoms with Crippen LogP contribution in [0, 0.1) is 0 Å². The highest BCUT2D eigenvalue weighted by molar-refractivity contribution is 9.10. The van der Waals surface area contributed by atoms with Crippen LogP contribution in [0.5, 0.6) is 11.5 Å². The maximum absolute atomic E-state index is 12.5. The summed E-state index contributed by atoms with van der Waals surface area (Å²) in [7, 11) is 3.23. The fourth-order valence-corrected chi connectivity index (χ4v) is 3.97. The van der Waals surface area contributed by atoms with Gasteiger partial charge in [-0.2, -0.15) is 5.10 Å². The van der Waals surface area contributed by atoms with Crippen LogP contribution >= 0.6 is 27.7 Å². The molecular weight excluding hydrogens is 442 g/mol. The molecule has 0 spiro atoms. The number of amides is 1. The van der Waals surface area contributed by atoms with Crippen molar-refractivity contribution in [2.75, 3.05) is 14.2 Å². The third-order valence-electron chi connectivity index (χ3n) is 4.16. The molecule has 0 radical (unpaired) electrons. The monoisotopic (exact) mass is 461 g/mol. The first-order valence-electron chi connectivity index (χ1n) is 8.57. The zero-order valence-electron chi connectivity index (χ0n) is 15.8. The van der Waals surface area contributed by atoms with Gasteiger partial charge in [-0.15, -0.1) is 5.10 Å². The summed E-state index contributed by atoms with van der Waals surface area (Å²) >= 11 is 4.84. The van der Waals surface area contributed by atoms with Gasteiger partial charge in [0, 0.05) is 10.0 Å². The highest BCUT2D eigenvalue weighted by Gasteiger charge is 2.35. The lowest BCUT2D eigenvalue weighted by Crippen LogP contribution is -2.30. The number of hydrogen-bond acceptors (Lipinski definition) is 6. The summed E-state index contributed by atoms with van der Waals surface area (Å²) in [4.78, 5) is 14.2. The molecule has 2 aromatic rings. The zero-order chi connectivity index (χ0) is 20.1. The molecule has 1 atom stereocenters. The second-order valence-corrected chi connectivity index (χ2v) is 8.27. The van der Waals surface area contributed by atoms with Crippen LogP contribution in [0.25, 0.3) is 0 Å². The second-order valence-electron chi connectivity index (χ2n) is 6.05. The standard InChI is InChI=1S/C20H20BrN3O3S/c1-13-19(25)24(12-14-4-7-17(26-2)8-5-14)20(28-13)23-22-11-15-10-16(21)6-9-18(15)27-3/h4-11,13H,12H2,1-3H3. The Bertz CT molecular complexity index is 915. The number of nitrogens with zero attached hydrogens (tertiary/aromatic N) is 3. The molecule has 0 saturated carbocycles. The lowest BCUT2D eigenvalue weighted by Gasteiger charge is -2.15. The number of ether oxygens (including phenoxy) is 2. The summed E-state index contributed by atoms with van der Waals surface area (Å²) in [6, 6.07) is 13.3. The summed E-state index contributed by atoms with van der Waals surface area (Å²) in [6.07, 6.45) is 1.62. The molecule has 8 heteroatoms. The van der Waals surface area contributed by atoms with Crippen molar-refractivity contribution in [1.82, 2.24) is 4.90 Å². The number of hydrogen-bond donors (Lipinski definition) is 0. The van der Waals surface area contributed by atoms with Gasteiger partial charge >= 0.3 is 0 Å². The number of halogens is 1. The summed E-state index contributed by atoms with van der Waals surface area (Å²) in [5.74, 6) is 1.50. The summed E-state index contributed by atoms with van der Waals surface area (Å²) < 4.78 is 11.4. The second kappa shape index (κ2) is 9.25. The molecule has 28 heavy (non-hydrogen) atoms. The van der Waals surface area contributed by atoms with Crippen molar-refractivity contribution in [2.24, 2.45) is 10.2 Å². The summed E-state index contributed by atoms with van der Waals surface area (Å²) in [5.41, 5.74) is 1.79.